The number of amides is 1. The van der Waals surface area contributed by atoms with Crippen LogP contribution in [0.25, 0.3) is 10.2 Å². The Bertz CT molecular complexity index is 1270. The van der Waals surface area contributed by atoms with E-state index in [2.05, 4.69) is 15.3 Å². The minimum atomic E-state index is -0.378. The largest absolute Gasteiger partial charge is 0.462 e. The number of aromatic amines is 1. The van der Waals surface area contributed by atoms with Crippen LogP contribution in [0.3, 0.4) is 0 Å². The van der Waals surface area contributed by atoms with Gasteiger partial charge in [-0.1, -0.05) is 11.8 Å². The summed E-state index contributed by atoms with van der Waals surface area (Å²) >= 11 is 4.25. The van der Waals surface area contributed by atoms with Crippen LogP contribution in [0.5, 0.6) is 0 Å². The average Bonchev–Trinajstić information content (AvgIpc) is 3.44. The number of thioether (sulfide) groups is 1. The van der Waals surface area contributed by atoms with Crippen LogP contribution in [-0.2, 0) is 35.2 Å². The first-order valence-corrected chi connectivity index (χ1v) is 13.5. The van der Waals surface area contributed by atoms with Crippen molar-refractivity contribution in [3.8, 4) is 0 Å². The van der Waals surface area contributed by atoms with E-state index in [1.807, 2.05) is 0 Å². The van der Waals surface area contributed by atoms with Gasteiger partial charge in [0, 0.05) is 9.75 Å². The summed E-state index contributed by atoms with van der Waals surface area (Å²) in [7, 11) is 0. The SMILES string of the molecule is CCOC(=O)c1c(NC(=O)CSc2nc3sc4c(c3c(=O)[nH]2)CCC4)sc2c1CCCC2. The van der Waals surface area contributed by atoms with Crippen LogP contribution in [0, 0.1) is 0 Å². The van der Waals surface area contributed by atoms with Crippen molar-refractivity contribution in [1.29, 1.82) is 0 Å². The maximum atomic E-state index is 12.7. The van der Waals surface area contributed by atoms with Crippen LogP contribution in [0.4, 0.5) is 5.00 Å². The fraction of sp³-hybridized carbons (Fsp3) is 0.455. The molecule has 2 aliphatic rings. The second-order valence-electron chi connectivity index (χ2n) is 7.88. The number of rotatable bonds is 6. The number of thiophene rings is 2. The molecule has 0 bridgehead atoms. The van der Waals surface area contributed by atoms with E-state index in [9.17, 15) is 14.4 Å². The monoisotopic (exact) mass is 489 g/mol. The minimum absolute atomic E-state index is 0.0877. The third-order valence-electron chi connectivity index (χ3n) is 5.80. The summed E-state index contributed by atoms with van der Waals surface area (Å²) in [5.74, 6) is -0.530. The number of fused-ring (bicyclic) bond motifs is 4. The molecule has 3 heterocycles. The van der Waals surface area contributed by atoms with Gasteiger partial charge in [0.1, 0.15) is 9.83 Å². The number of hydrogen-bond acceptors (Lipinski definition) is 8. The summed E-state index contributed by atoms with van der Waals surface area (Å²) in [6, 6.07) is 0. The molecule has 0 saturated heterocycles. The van der Waals surface area contributed by atoms with Crippen LogP contribution in [0.15, 0.2) is 9.95 Å². The molecule has 0 unspecified atom stereocenters. The van der Waals surface area contributed by atoms with E-state index in [1.54, 1.807) is 18.3 Å². The van der Waals surface area contributed by atoms with Crippen molar-refractivity contribution in [1.82, 2.24) is 9.97 Å². The lowest BCUT2D eigenvalue weighted by molar-refractivity contribution is -0.113. The second kappa shape index (κ2) is 8.99. The van der Waals surface area contributed by atoms with Gasteiger partial charge in [-0.3, -0.25) is 9.59 Å². The molecule has 1 amide bonds. The number of nitrogens with one attached hydrogen (secondary N) is 2. The Hall–Kier alpha value is -2.17. The number of carbonyl (C=O) groups is 2. The maximum Gasteiger partial charge on any atom is 0.341 e. The number of hydrogen-bond donors (Lipinski definition) is 2. The van der Waals surface area contributed by atoms with Crippen LogP contribution < -0.4 is 10.9 Å². The van der Waals surface area contributed by atoms with E-state index in [0.29, 0.717) is 27.7 Å². The molecule has 3 aromatic rings. The van der Waals surface area contributed by atoms with E-state index in [1.165, 1.54) is 28.0 Å². The molecule has 32 heavy (non-hydrogen) atoms. The molecule has 168 valence electrons. The van der Waals surface area contributed by atoms with Crippen molar-refractivity contribution in [2.45, 2.75) is 57.0 Å². The lowest BCUT2D eigenvalue weighted by Gasteiger charge is -2.12. The number of aryl methyl sites for hydroxylation is 3. The molecule has 0 aliphatic heterocycles. The van der Waals surface area contributed by atoms with E-state index in [0.717, 1.165) is 65.8 Å². The topological polar surface area (TPSA) is 101 Å². The highest BCUT2D eigenvalue weighted by Crippen LogP contribution is 2.39. The first-order valence-electron chi connectivity index (χ1n) is 10.8. The standard InChI is InChI=1S/C22H23N3O4S3/c1-2-29-21(28)17-12-6-3-4-8-13(12)32-20(17)23-15(26)10-30-22-24-18(27)16-11-7-5-9-14(11)31-19(16)25-22/h2-10H2,1H3,(H,23,26)(H,24,25,27). The van der Waals surface area contributed by atoms with Crippen LogP contribution in [0.2, 0.25) is 0 Å². The molecule has 2 N–H and O–H groups in total. The Morgan fingerprint density at radius 1 is 1.09 bits per heavy atom. The van der Waals surface area contributed by atoms with Crippen molar-refractivity contribution in [2.24, 2.45) is 0 Å². The molecule has 5 rings (SSSR count). The van der Waals surface area contributed by atoms with E-state index in [4.69, 9.17) is 4.74 Å². The van der Waals surface area contributed by atoms with Crippen LogP contribution in [-0.4, -0.2) is 34.2 Å². The van der Waals surface area contributed by atoms with Gasteiger partial charge in [-0.05, 0) is 63.0 Å². The molecule has 0 spiro atoms. The van der Waals surface area contributed by atoms with Gasteiger partial charge >= 0.3 is 5.97 Å². The van der Waals surface area contributed by atoms with Gasteiger partial charge in [-0.2, -0.15) is 0 Å². The Labute approximate surface area is 197 Å². The quantitative estimate of drug-likeness (QED) is 0.304. The molecule has 3 aromatic heterocycles. The fourth-order valence-corrected chi connectivity index (χ4v) is 7.69. The molecule has 0 saturated carbocycles. The van der Waals surface area contributed by atoms with Gasteiger partial charge in [0.25, 0.3) is 5.56 Å². The Morgan fingerprint density at radius 3 is 2.69 bits per heavy atom. The zero-order chi connectivity index (χ0) is 22.2. The maximum absolute atomic E-state index is 12.7. The second-order valence-corrected chi connectivity index (χ2v) is 11.0. The summed E-state index contributed by atoms with van der Waals surface area (Å²) in [6.45, 7) is 2.07. The Balaban J connectivity index is 1.32. The first-order chi connectivity index (χ1) is 15.5. The molecule has 0 atom stereocenters. The molecule has 7 nitrogen and oxygen atoms in total. The number of nitrogens with zero attached hydrogens (tertiary/aromatic N) is 1. The molecular formula is C22H23N3O4S3. The summed E-state index contributed by atoms with van der Waals surface area (Å²) < 4.78 is 5.25. The lowest BCUT2D eigenvalue weighted by atomic mass is 9.95. The number of anilines is 1. The molecular weight excluding hydrogens is 466 g/mol. The minimum Gasteiger partial charge on any atom is -0.462 e. The van der Waals surface area contributed by atoms with Crippen molar-refractivity contribution < 1.29 is 14.3 Å². The van der Waals surface area contributed by atoms with Crippen molar-refractivity contribution >= 4 is 61.5 Å². The molecule has 2 aliphatic carbocycles. The number of ether oxygens (including phenoxy) is 1. The third kappa shape index (κ3) is 3.99. The molecule has 10 heteroatoms. The highest BCUT2D eigenvalue weighted by molar-refractivity contribution is 7.99. The molecule has 0 aromatic carbocycles. The highest BCUT2D eigenvalue weighted by Gasteiger charge is 2.27. The average molecular weight is 490 g/mol. The van der Waals surface area contributed by atoms with Gasteiger partial charge in [0.15, 0.2) is 5.16 Å². The summed E-state index contributed by atoms with van der Waals surface area (Å²) in [5.41, 5.74) is 2.53. The molecule has 0 radical (unpaired) electrons. The van der Waals surface area contributed by atoms with Gasteiger partial charge in [0.05, 0.1) is 23.3 Å². The third-order valence-corrected chi connectivity index (χ3v) is 9.06. The number of carbonyl (C=O) groups excluding carboxylic acids is 2. The zero-order valence-corrected chi connectivity index (χ0v) is 20.1. The number of esters is 1. The Morgan fingerprint density at radius 2 is 1.84 bits per heavy atom. The first kappa shape index (κ1) is 21.7. The van der Waals surface area contributed by atoms with E-state index >= 15 is 0 Å². The summed E-state index contributed by atoms with van der Waals surface area (Å²) in [5, 5.41) is 4.61. The predicted molar refractivity (Wildman–Crippen MR) is 129 cm³/mol. The summed E-state index contributed by atoms with van der Waals surface area (Å²) in [4.78, 5) is 48.4. The van der Waals surface area contributed by atoms with Crippen LogP contribution >= 0.6 is 34.4 Å². The number of aromatic nitrogens is 2. The van der Waals surface area contributed by atoms with E-state index < -0.39 is 0 Å². The van der Waals surface area contributed by atoms with Gasteiger partial charge in [0.2, 0.25) is 5.91 Å². The number of H-pyrrole nitrogens is 1. The Kier molecular flexibility index (Phi) is 6.09. The fourth-order valence-electron chi connectivity index (χ4n) is 4.42. The van der Waals surface area contributed by atoms with Gasteiger partial charge < -0.3 is 15.0 Å². The van der Waals surface area contributed by atoms with Crippen LogP contribution in [0.1, 0.15) is 57.4 Å². The highest BCUT2D eigenvalue weighted by atomic mass is 32.2. The lowest BCUT2D eigenvalue weighted by Crippen LogP contribution is -2.17. The van der Waals surface area contributed by atoms with Gasteiger partial charge in [-0.25, -0.2) is 9.78 Å². The van der Waals surface area contributed by atoms with Crippen molar-refractivity contribution in [2.75, 3.05) is 17.7 Å². The predicted octanol–water partition coefficient (Wildman–Crippen LogP) is 4.32. The van der Waals surface area contributed by atoms with E-state index in [-0.39, 0.29) is 23.2 Å². The molecule has 0 fully saturated rings. The zero-order valence-electron chi connectivity index (χ0n) is 17.7. The van der Waals surface area contributed by atoms with Gasteiger partial charge in [-0.15, -0.1) is 22.7 Å². The van der Waals surface area contributed by atoms with Crippen molar-refractivity contribution in [3.05, 3.63) is 36.8 Å². The smallest absolute Gasteiger partial charge is 0.341 e. The normalized spacial score (nSPS) is 14.9. The van der Waals surface area contributed by atoms with Crippen molar-refractivity contribution in [3.63, 3.8) is 0 Å². The summed E-state index contributed by atoms with van der Waals surface area (Å²) in [6.07, 6.45) is 6.91.